The molecule has 4 heteroatoms. The molecule has 0 saturated carbocycles. The summed E-state index contributed by atoms with van der Waals surface area (Å²) in [5.74, 6) is 1.62. The van der Waals surface area contributed by atoms with Crippen LogP contribution in [0.4, 0.5) is 5.69 Å². The van der Waals surface area contributed by atoms with Crippen molar-refractivity contribution in [2.75, 3.05) is 18.9 Å². The van der Waals surface area contributed by atoms with Crippen molar-refractivity contribution in [1.82, 2.24) is 0 Å². The van der Waals surface area contributed by atoms with Crippen LogP contribution in [0.3, 0.4) is 0 Å². The fraction of sp³-hybridized carbons (Fsp3) is 0.200. The van der Waals surface area contributed by atoms with Gasteiger partial charge < -0.3 is 15.2 Å². The molecule has 98 valence electrons. The SMILES string of the molecule is Cc1cccc(N)c1Sc1ccc2c(c1)OCCO2. The van der Waals surface area contributed by atoms with Crippen LogP contribution < -0.4 is 15.2 Å². The van der Waals surface area contributed by atoms with E-state index in [1.807, 2.05) is 30.3 Å². The van der Waals surface area contributed by atoms with Gasteiger partial charge in [-0.1, -0.05) is 23.9 Å². The molecule has 0 aromatic heterocycles. The van der Waals surface area contributed by atoms with Crippen LogP contribution in [0.5, 0.6) is 11.5 Å². The molecule has 0 amide bonds. The molecule has 0 radical (unpaired) electrons. The lowest BCUT2D eigenvalue weighted by Crippen LogP contribution is -2.15. The maximum atomic E-state index is 6.03. The number of rotatable bonds is 2. The second kappa shape index (κ2) is 5.05. The monoisotopic (exact) mass is 273 g/mol. The lowest BCUT2D eigenvalue weighted by Gasteiger charge is -2.19. The van der Waals surface area contributed by atoms with Gasteiger partial charge in [0.15, 0.2) is 11.5 Å². The molecule has 0 spiro atoms. The van der Waals surface area contributed by atoms with E-state index in [9.17, 15) is 0 Å². The van der Waals surface area contributed by atoms with Gasteiger partial charge in [-0.3, -0.25) is 0 Å². The first-order valence-corrected chi connectivity index (χ1v) is 6.98. The number of nitrogens with two attached hydrogens (primary N) is 1. The van der Waals surface area contributed by atoms with E-state index in [0.717, 1.165) is 27.0 Å². The van der Waals surface area contributed by atoms with E-state index in [1.54, 1.807) is 11.8 Å². The fourth-order valence-electron chi connectivity index (χ4n) is 2.02. The lowest BCUT2D eigenvalue weighted by atomic mass is 10.2. The number of nitrogen functional groups attached to an aromatic ring is 1. The largest absolute Gasteiger partial charge is 0.486 e. The number of anilines is 1. The van der Waals surface area contributed by atoms with Gasteiger partial charge in [-0.15, -0.1) is 0 Å². The average Bonchev–Trinajstić information content (AvgIpc) is 2.43. The normalized spacial score (nSPS) is 13.3. The van der Waals surface area contributed by atoms with E-state index in [0.29, 0.717) is 13.2 Å². The van der Waals surface area contributed by atoms with Crippen LogP contribution in [0.1, 0.15) is 5.56 Å². The van der Waals surface area contributed by atoms with Gasteiger partial charge in [0.05, 0.1) is 0 Å². The Morgan fingerprint density at radius 3 is 2.63 bits per heavy atom. The molecule has 0 fully saturated rings. The Morgan fingerprint density at radius 2 is 1.84 bits per heavy atom. The fourth-order valence-corrected chi connectivity index (χ4v) is 2.97. The maximum Gasteiger partial charge on any atom is 0.162 e. The molecule has 1 heterocycles. The van der Waals surface area contributed by atoms with E-state index >= 15 is 0 Å². The Morgan fingerprint density at radius 1 is 1.05 bits per heavy atom. The molecule has 2 aromatic rings. The zero-order chi connectivity index (χ0) is 13.2. The molecule has 0 atom stereocenters. The summed E-state index contributed by atoms with van der Waals surface area (Å²) in [5.41, 5.74) is 8.02. The average molecular weight is 273 g/mol. The molecule has 0 bridgehead atoms. The van der Waals surface area contributed by atoms with Crippen molar-refractivity contribution in [3.05, 3.63) is 42.0 Å². The van der Waals surface area contributed by atoms with Crippen LogP contribution in [0.15, 0.2) is 46.2 Å². The van der Waals surface area contributed by atoms with Gasteiger partial charge in [-0.05, 0) is 36.8 Å². The Kier molecular flexibility index (Phi) is 3.25. The van der Waals surface area contributed by atoms with Gasteiger partial charge in [0.25, 0.3) is 0 Å². The standard InChI is InChI=1S/C15H15NO2S/c1-10-3-2-4-12(16)15(10)19-11-5-6-13-14(9-11)18-8-7-17-13/h2-6,9H,7-8,16H2,1H3. The Balaban J connectivity index is 1.91. The van der Waals surface area contributed by atoms with E-state index < -0.39 is 0 Å². The number of hydrogen-bond acceptors (Lipinski definition) is 4. The predicted octanol–water partition coefficient (Wildman–Crippen LogP) is 3.50. The summed E-state index contributed by atoms with van der Waals surface area (Å²) in [6, 6.07) is 11.9. The first-order chi connectivity index (χ1) is 9.24. The van der Waals surface area contributed by atoms with Crippen LogP contribution in [0, 0.1) is 6.92 Å². The number of benzene rings is 2. The smallest absolute Gasteiger partial charge is 0.162 e. The number of ether oxygens (including phenoxy) is 2. The second-order valence-electron chi connectivity index (χ2n) is 4.40. The van der Waals surface area contributed by atoms with Gasteiger partial charge >= 0.3 is 0 Å². The Bertz CT molecular complexity index is 593. The van der Waals surface area contributed by atoms with Crippen molar-refractivity contribution in [3.8, 4) is 11.5 Å². The molecule has 1 aliphatic heterocycles. The topological polar surface area (TPSA) is 44.5 Å². The molecule has 19 heavy (non-hydrogen) atoms. The van der Waals surface area contributed by atoms with Crippen molar-refractivity contribution in [1.29, 1.82) is 0 Å². The summed E-state index contributed by atoms with van der Waals surface area (Å²) in [5, 5.41) is 0. The molecular weight excluding hydrogens is 258 g/mol. The van der Waals surface area contributed by atoms with Crippen LogP contribution in [-0.2, 0) is 0 Å². The van der Waals surface area contributed by atoms with Crippen LogP contribution in [0.25, 0.3) is 0 Å². The van der Waals surface area contributed by atoms with Crippen molar-refractivity contribution < 1.29 is 9.47 Å². The van der Waals surface area contributed by atoms with Crippen molar-refractivity contribution >= 4 is 17.4 Å². The maximum absolute atomic E-state index is 6.03. The third kappa shape index (κ3) is 2.49. The molecule has 0 aliphatic carbocycles. The van der Waals surface area contributed by atoms with Crippen LogP contribution in [0.2, 0.25) is 0 Å². The molecule has 3 rings (SSSR count). The number of fused-ring (bicyclic) bond motifs is 1. The van der Waals surface area contributed by atoms with Gasteiger partial charge in [0, 0.05) is 15.5 Å². The molecule has 0 unspecified atom stereocenters. The number of hydrogen-bond donors (Lipinski definition) is 1. The zero-order valence-corrected chi connectivity index (χ0v) is 11.5. The summed E-state index contributed by atoms with van der Waals surface area (Å²) >= 11 is 1.65. The molecular formula is C15H15NO2S. The Hall–Kier alpha value is -1.81. The quantitative estimate of drug-likeness (QED) is 0.851. The third-order valence-electron chi connectivity index (χ3n) is 2.98. The van der Waals surface area contributed by atoms with E-state index in [4.69, 9.17) is 15.2 Å². The first-order valence-electron chi connectivity index (χ1n) is 6.16. The minimum Gasteiger partial charge on any atom is -0.486 e. The zero-order valence-electron chi connectivity index (χ0n) is 10.7. The highest BCUT2D eigenvalue weighted by atomic mass is 32.2. The Labute approximate surface area is 116 Å². The molecule has 3 nitrogen and oxygen atoms in total. The van der Waals surface area contributed by atoms with Crippen LogP contribution >= 0.6 is 11.8 Å². The van der Waals surface area contributed by atoms with Gasteiger partial charge in [-0.25, -0.2) is 0 Å². The first kappa shape index (κ1) is 12.2. The van der Waals surface area contributed by atoms with Crippen molar-refractivity contribution in [3.63, 3.8) is 0 Å². The van der Waals surface area contributed by atoms with E-state index in [2.05, 4.69) is 13.0 Å². The lowest BCUT2D eigenvalue weighted by molar-refractivity contribution is 0.171. The van der Waals surface area contributed by atoms with Crippen molar-refractivity contribution in [2.45, 2.75) is 16.7 Å². The number of aryl methyl sites for hydroxylation is 1. The van der Waals surface area contributed by atoms with Gasteiger partial charge in [0.1, 0.15) is 13.2 Å². The predicted molar refractivity (Wildman–Crippen MR) is 77.1 cm³/mol. The summed E-state index contributed by atoms with van der Waals surface area (Å²) in [6.07, 6.45) is 0. The second-order valence-corrected chi connectivity index (χ2v) is 5.48. The van der Waals surface area contributed by atoms with Crippen LogP contribution in [-0.4, -0.2) is 13.2 Å². The highest BCUT2D eigenvalue weighted by molar-refractivity contribution is 7.99. The van der Waals surface area contributed by atoms with Gasteiger partial charge in [0.2, 0.25) is 0 Å². The summed E-state index contributed by atoms with van der Waals surface area (Å²) < 4.78 is 11.1. The minimum atomic E-state index is 0.605. The summed E-state index contributed by atoms with van der Waals surface area (Å²) in [7, 11) is 0. The van der Waals surface area contributed by atoms with Crippen molar-refractivity contribution in [2.24, 2.45) is 0 Å². The minimum absolute atomic E-state index is 0.605. The summed E-state index contributed by atoms with van der Waals surface area (Å²) in [4.78, 5) is 2.20. The molecule has 1 aliphatic rings. The summed E-state index contributed by atoms with van der Waals surface area (Å²) in [6.45, 7) is 3.29. The van der Waals surface area contributed by atoms with E-state index in [1.165, 1.54) is 5.56 Å². The third-order valence-corrected chi connectivity index (χ3v) is 4.23. The van der Waals surface area contributed by atoms with Gasteiger partial charge in [-0.2, -0.15) is 0 Å². The molecule has 2 aromatic carbocycles. The highest BCUT2D eigenvalue weighted by Gasteiger charge is 2.13. The molecule has 0 saturated heterocycles. The highest BCUT2D eigenvalue weighted by Crippen LogP contribution is 2.39. The van der Waals surface area contributed by atoms with E-state index in [-0.39, 0.29) is 0 Å². The molecule has 2 N–H and O–H groups in total.